The number of rotatable bonds is 4. The molecule has 3 rings (SSSR count). The fraction of sp³-hybridized carbons (Fsp3) is 0.375. The number of aliphatic hydroxyl groups excluding tert-OH is 1. The number of aliphatic hydroxyl groups is 1. The molecule has 2 aromatic rings. The van der Waals surface area contributed by atoms with Crippen molar-refractivity contribution in [2.45, 2.75) is 25.0 Å². The lowest BCUT2D eigenvalue weighted by Gasteiger charge is -2.37. The molecule has 1 amide bonds. The van der Waals surface area contributed by atoms with Crippen LogP contribution in [-0.2, 0) is 7.05 Å². The Morgan fingerprint density at radius 2 is 2.13 bits per heavy atom. The van der Waals surface area contributed by atoms with E-state index in [2.05, 4.69) is 10.4 Å². The van der Waals surface area contributed by atoms with Gasteiger partial charge in [-0.3, -0.25) is 9.48 Å². The van der Waals surface area contributed by atoms with E-state index in [0.717, 1.165) is 17.7 Å². The van der Waals surface area contributed by atoms with Gasteiger partial charge in [-0.15, -0.1) is 0 Å². The van der Waals surface area contributed by atoms with Crippen molar-refractivity contribution >= 4 is 5.91 Å². The molecule has 0 spiro atoms. The number of benzene rings is 1. The molecule has 0 unspecified atom stereocenters. The first-order valence-corrected chi connectivity index (χ1v) is 7.36. The van der Waals surface area contributed by atoms with Crippen LogP contribution in [0.3, 0.4) is 0 Å². The van der Waals surface area contributed by atoms with Crippen LogP contribution in [0.5, 0.6) is 0 Å². The van der Waals surface area contributed by atoms with Gasteiger partial charge < -0.3 is 10.4 Å². The molecule has 1 aromatic heterocycles. The van der Waals surface area contributed by atoms with E-state index < -0.39 is 17.5 Å². The minimum Gasteiger partial charge on any atom is -0.393 e. The Morgan fingerprint density at radius 3 is 2.70 bits per heavy atom. The van der Waals surface area contributed by atoms with Gasteiger partial charge in [-0.05, 0) is 37.0 Å². The van der Waals surface area contributed by atoms with Crippen LogP contribution < -0.4 is 5.32 Å². The number of nitrogens with one attached hydrogen (secondary N) is 1. The van der Waals surface area contributed by atoms with Gasteiger partial charge in [-0.2, -0.15) is 5.10 Å². The van der Waals surface area contributed by atoms with E-state index in [1.165, 1.54) is 6.07 Å². The Hall–Kier alpha value is -2.28. The number of carbonyl (C=O) groups is 1. The zero-order chi connectivity index (χ0) is 16.6. The lowest BCUT2D eigenvalue weighted by molar-refractivity contribution is 0.0235. The number of halogens is 2. The Balaban J connectivity index is 1.80. The van der Waals surface area contributed by atoms with Crippen LogP contribution in [0, 0.1) is 17.6 Å². The number of aromatic nitrogens is 2. The van der Waals surface area contributed by atoms with Crippen molar-refractivity contribution in [1.82, 2.24) is 15.1 Å². The summed E-state index contributed by atoms with van der Waals surface area (Å²) in [5.41, 5.74) is 0.873. The van der Waals surface area contributed by atoms with Gasteiger partial charge in [0.1, 0.15) is 0 Å². The van der Waals surface area contributed by atoms with Crippen LogP contribution >= 0.6 is 0 Å². The van der Waals surface area contributed by atoms with Gasteiger partial charge in [0, 0.05) is 24.4 Å². The summed E-state index contributed by atoms with van der Waals surface area (Å²) in [5, 5.41) is 16.4. The molecular weight excluding hydrogens is 304 g/mol. The second kappa shape index (κ2) is 6.08. The number of nitrogens with zero attached hydrogens (tertiary/aromatic N) is 2. The van der Waals surface area contributed by atoms with Gasteiger partial charge in [0.05, 0.1) is 18.3 Å². The van der Waals surface area contributed by atoms with E-state index >= 15 is 0 Å². The van der Waals surface area contributed by atoms with Crippen LogP contribution in [0.15, 0.2) is 30.6 Å². The van der Waals surface area contributed by atoms with Gasteiger partial charge in [0.2, 0.25) is 0 Å². The van der Waals surface area contributed by atoms with Crippen LogP contribution in [0.25, 0.3) is 0 Å². The fourth-order valence-corrected chi connectivity index (χ4v) is 2.84. The molecule has 0 radical (unpaired) electrons. The van der Waals surface area contributed by atoms with Crippen molar-refractivity contribution in [1.29, 1.82) is 0 Å². The first-order chi connectivity index (χ1) is 10.9. The summed E-state index contributed by atoms with van der Waals surface area (Å²) in [4.78, 5) is 12.3. The Morgan fingerprint density at radius 1 is 1.39 bits per heavy atom. The second-order valence-corrected chi connectivity index (χ2v) is 5.91. The molecule has 1 atom stereocenters. The maximum Gasteiger partial charge on any atom is 0.251 e. The maximum absolute atomic E-state index is 13.3. The minimum atomic E-state index is -1.06. The molecule has 0 aliphatic heterocycles. The van der Waals surface area contributed by atoms with Crippen molar-refractivity contribution in [3.63, 3.8) is 0 Å². The fourth-order valence-electron chi connectivity index (χ4n) is 2.84. The average Bonchev–Trinajstić information content (AvgIpc) is 2.91. The highest BCUT2D eigenvalue weighted by Crippen LogP contribution is 2.38. The van der Waals surface area contributed by atoms with Gasteiger partial charge in [-0.1, -0.05) is 0 Å². The first-order valence-electron chi connectivity index (χ1n) is 7.36. The highest BCUT2D eigenvalue weighted by Gasteiger charge is 2.36. The standard InChI is InChI=1S/C16H17F2N3O2/c1-21-8-11(7-19-21)15(10-4-12(22)5-10)20-16(23)9-2-3-13(17)14(18)6-9/h2-3,6-8,10,12,15,22H,4-5H2,1H3,(H,20,23)/t10?,12?,15-/m0/s1. The van der Waals surface area contributed by atoms with Crippen molar-refractivity contribution in [3.8, 4) is 0 Å². The molecule has 122 valence electrons. The number of hydrogen-bond donors (Lipinski definition) is 2. The average molecular weight is 321 g/mol. The minimum absolute atomic E-state index is 0.0534. The summed E-state index contributed by atoms with van der Waals surface area (Å²) in [6.45, 7) is 0. The van der Waals surface area contributed by atoms with Crippen molar-refractivity contribution < 1.29 is 18.7 Å². The number of carbonyl (C=O) groups excluding carboxylic acids is 1. The van der Waals surface area contributed by atoms with E-state index in [-0.39, 0.29) is 23.6 Å². The van der Waals surface area contributed by atoms with E-state index in [1.807, 2.05) is 0 Å². The summed E-state index contributed by atoms with van der Waals surface area (Å²) in [6, 6.07) is 2.72. The van der Waals surface area contributed by atoms with E-state index in [4.69, 9.17) is 0 Å². The van der Waals surface area contributed by atoms with Gasteiger partial charge >= 0.3 is 0 Å². The SMILES string of the molecule is Cn1cc([C@@H](NC(=O)c2ccc(F)c(F)c2)C2CC(O)C2)cn1. The van der Waals surface area contributed by atoms with Crippen LogP contribution in [0.1, 0.15) is 34.8 Å². The molecule has 1 aromatic carbocycles. The quantitative estimate of drug-likeness (QED) is 0.904. The van der Waals surface area contributed by atoms with Gasteiger partial charge in [0.25, 0.3) is 5.91 Å². The third kappa shape index (κ3) is 3.24. The van der Waals surface area contributed by atoms with Crippen LogP contribution in [-0.4, -0.2) is 26.9 Å². The molecule has 23 heavy (non-hydrogen) atoms. The predicted molar refractivity (Wildman–Crippen MR) is 78.5 cm³/mol. The molecule has 1 heterocycles. The van der Waals surface area contributed by atoms with E-state index in [1.54, 1.807) is 24.1 Å². The normalized spacial score (nSPS) is 21.6. The zero-order valence-corrected chi connectivity index (χ0v) is 12.5. The Bertz CT molecular complexity index is 726. The third-order valence-corrected chi connectivity index (χ3v) is 4.17. The molecule has 0 saturated heterocycles. The topological polar surface area (TPSA) is 67.2 Å². The molecule has 1 saturated carbocycles. The monoisotopic (exact) mass is 321 g/mol. The maximum atomic E-state index is 13.3. The zero-order valence-electron chi connectivity index (χ0n) is 12.5. The highest BCUT2D eigenvalue weighted by molar-refractivity contribution is 5.94. The van der Waals surface area contributed by atoms with Crippen LogP contribution in [0.4, 0.5) is 8.78 Å². The molecule has 1 fully saturated rings. The van der Waals surface area contributed by atoms with Gasteiger partial charge in [-0.25, -0.2) is 8.78 Å². The van der Waals surface area contributed by atoms with E-state index in [9.17, 15) is 18.7 Å². The third-order valence-electron chi connectivity index (χ3n) is 4.17. The molecule has 5 nitrogen and oxygen atoms in total. The largest absolute Gasteiger partial charge is 0.393 e. The Labute approximate surface area is 131 Å². The summed E-state index contributed by atoms with van der Waals surface area (Å²) < 4.78 is 27.9. The first kappa shape index (κ1) is 15.6. The van der Waals surface area contributed by atoms with Crippen molar-refractivity contribution in [3.05, 3.63) is 53.4 Å². The van der Waals surface area contributed by atoms with Gasteiger partial charge in [0.15, 0.2) is 11.6 Å². The predicted octanol–water partition coefficient (Wildman–Crippen LogP) is 1.94. The smallest absolute Gasteiger partial charge is 0.251 e. The summed E-state index contributed by atoms with van der Waals surface area (Å²) in [6.07, 6.45) is 4.25. The molecule has 1 aliphatic rings. The lowest BCUT2D eigenvalue weighted by atomic mass is 9.75. The lowest BCUT2D eigenvalue weighted by Crippen LogP contribution is -2.41. The molecular formula is C16H17F2N3O2. The number of amides is 1. The summed E-state index contributed by atoms with van der Waals surface area (Å²) >= 11 is 0. The number of aryl methyl sites for hydroxylation is 1. The molecule has 7 heteroatoms. The summed E-state index contributed by atoms with van der Waals surface area (Å²) in [7, 11) is 1.77. The van der Waals surface area contributed by atoms with Crippen LogP contribution in [0.2, 0.25) is 0 Å². The summed E-state index contributed by atoms with van der Waals surface area (Å²) in [5.74, 6) is -2.45. The van der Waals surface area contributed by atoms with Crippen molar-refractivity contribution in [2.24, 2.45) is 13.0 Å². The molecule has 2 N–H and O–H groups in total. The number of hydrogen-bond acceptors (Lipinski definition) is 3. The molecule has 1 aliphatic carbocycles. The Kier molecular flexibility index (Phi) is 4.12. The van der Waals surface area contributed by atoms with E-state index in [0.29, 0.717) is 12.8 Å². The second-order valence-electron chi connectivity index (χ2n) is 5.91. The molecule has 0 bridgehead atoms. The van der Waals surface area contributed by atoms with Crippen molar-refractivity contribution in [2.75, 3.05) is 0 Å². The highest BCUT2D eigenvalue weighted by atomic mass is 19.2.